The first kappa shape index (κ1) is 22.9. The molecule has 5 rings (SSSR count). The lowest BCUT2D eigenvalue weighted by Gasteiger charge is -2.58. The Bertz CT molecular complexity index is 1230. The van der Waals surface area contributed by atoms with Crippen LogP contribution < -0.4 is 10.1 Å². The average molecular weight is 476 g/mol. The summed E-state index contributed by atoms with van der Waals surface area (Å²) in [5.41, 5.74) is 3.36. The van der Waals surface area contributed by atoms with Crippen molar-refractivity contribution < 1.29 is 23.8 Å². The van der Waals surface area contributed by atoms with Crippen LogP contribution in [-0.2, 0) is 4.79 Å². The third-order valence-corrected chi connectivity index (χ3v) is 6.86. The highest BCUT2D eigenvalue weighted by Crippen LogP contribution is 2.43. The van der Waals surface area contributed by atoms with Gasteiger partial charge in [-0.3, -0.25) is 4.79 Å². The number of hydrogen-bond donors (Lipinski definition) is 2. The molecule has 2 N–H and O–H groups in total. The summed E-state index contributed by atoms with van der Waals surface area (Å²) in [4.78, 5) is 29.1. The number of nitrogens with zero attached hydrogens (tertiary/aromatic N) is 2. The normalized spacial score (nSPS) is 21.2. The van der Waals surface area contributed by atoms with Crippen molar-refractivity contribution >= 4 is 17.6 Å². The SMILES string of the molecule is COc1ccccc1NC(=O)N1CC(=O)N2[C@H](C1)[C@H](c1ccc(-c3ccc(F)cc3)cc1)[C@@H]2CO. The Hall–Kier alpha value is -3.91. The molecule has 0 spiro atoms. The number of piperazine rings is 1. The van der Waals surface area contributed by atoms with Crippen LogP contribution in [0.5, 0.6) is 5.75 Å². The number of aliphatic hydroxyl groups is 1. The van der Waals surface area contributed by atoms with E-state index in [1.807, 2.05) is 30.3 Å². The Balaban J connectivity index is 1.34. The van der Waals surface area contributed by atoms with E-state index in [2.05, 4.69) is 5.32 Å². The van der Waals surface area contributed by atoms with Crippen LogP contribution >= 0.6 is 0 Å². The Labute approximate surface area is 202 Å². The summed E-state index contributed by atoms with van der Waals surface area (Å²) < 4.78 is 18.6. The number of ether oxygens (including phenoxy) is 1. The molecule has 2 aliphatic heterocycles. The first-order valence-electron chi connectivity index (χ1n) is 11.5. The summed E-state index contributed by atoms with van der Waals surface area (Å²) in [5, 5.41) is 12.9. The van der Waals surface area contributed by atoms with Gasteiger partial charge in [-0.05, 0) is 41.0 Å². The lowest BCUT2D eigenvalue weighted by atomic mass is 9.73. The number of nitrogens with one attached hydrogen (secondary N) is 1. The van der Waals surface area contributed by atoms with Gasteiger partial charge in [0.25, 0.3) is 0 Å². The second-order valence-corrected chi connectivity index (χ2v) is 8.78. The van der Waals surface area contributed by atoms with Crippen molar-refractivity contribution in [2.24, 2.45) is 0 Å². The van der Waals surface area contributed by atoms with Crippen LogP contribution in [0.1, 0.15) is 11.5 Å². The molecule has 0 aliphatic carbocycles. The highest BCUT2D eigenvalue weighted by Gasteiger charge is 2.54. The summed E-state index contributed by atoms with van der Waals surface area (Å²) in [6, 6.07) is 20.3. The molecule has 3 aromatic carbocycles. The second kappa shape index (κ2) is 9.38. The number of hydrogen-bond acceptors (Lipinski definition) is 4. The van der Waals surface area contributed by atoms with Crippen LogP contribution in [0.2, 0.25) is 0 Å². The fourth-order valence-electron chi connectivity index (χ4n) is 5.14. The first-order valence-corrected chi connectivity index (χ1v) is 11.5. The second-order valence-electron chi connectivity index (χ2n) is 8.78. The van der Waals surface area contributed by atoms with E-state index in [9.17, 15) is 19.1 Å². The third kappa shape index (κ3) is 4.21. The number of benzene rings is 3. The van der Waals surface area contributed by atoms with Gasteiger partial charge in [-0.15, -0.1) is 0 Å². The number of urea groups is 1. The van der Waals surface area contributed by atoms with Crippen LogP contribution in [0, 0.1) is 5.82 Å². The number of para-hydroxylation sites is 2. The van der Waals surface area contributed by atoms with Crippen molar-refractivity contribution in [3.8, 4) is 16.9 Å². The molecular weight excluding hydrogens is 449 g/mol. The van der Waals surface area contributed by atoms with Gasteiger partial charge in [0.2, 0.25) is 5.91 Å². The molecule has 2 fully saturated rings. The highest BCUT2D eigenvalue weighted by atomic mass is 19.1. The monoisotopic (exact) mass is 475 g/mol. The predicted molar refractivity (Wildman–Crippen MR) is 130 cm³/mol. The van der Waals surface area contributed by atoms with Crippen LogP contribution in [0.3, 0.4) is 0 Å². The minimum absolute atomic E-state index is 0.0514. The van der Waals surface area contributed by atoms with E-state index in [1.165, 1.54) is 24.1 Å². The lowest BCUT2D eigenvalue weighted by molar-refractivity contribution is -0.159. The molecular formula is C27H26FN3O4. The van der Waals surface area contributed by atoms with Crippen molar-refractivity contribution in [1.29, 1.82) is 0 Å². The minimum atomic E-state index is -0.375. The van der Waals surface area contributed by atoms with Gasteiger partial charge < -0.3 is 25.0 Å². The molecule has 180 valence electrons. The summed E-state index contributed by atoms with van der Waals surface area (Å²) in [5.74, 6) is -0.0383. The van der Waals surface area contributed by atoms with E-state index in [0.717, 1.165) is 16.7 Å². The summed E-state index contributed by atoms with van der Waals surface area (Å²) >= 11 is 0. The van der Waals surface area contributed by atoms with Gasteiger partial charge in [-0.25, -0.2) is 9.18 Å². The zero-order valence-electron chi connectivity index (χ0n) is 19.2. The molecule has 0 aromatic heterocycles. The number of amides is 3. The molecule has 7 nitrogen and oxygen atoms in total. The van der Waals surface area contributed by atoms with Gasteiger partial charge in [0, 0.05) is 12.5 Å². The van der Waals surface area contributed by atoms with Gasteiger partial charge >= 0.3 is 6.03 Å². The van der Waals surface area contributed by atoms with Crippen molar-refractivity contribution in [1.82, 2.24) is 9.80 Å². The first-order chi connectivity index (χ1) is 17.0. The van der Waals surface area contributed by atoms with E-state index in [0.29, 0.717) is 18.0 Å². The molecule has 3 aromatic rings. The number of aliphatic hydroxyl groups excluding tert-OH is 1. The van der Waals surface area contributed by atoms with E-state index in [4.69, 9.17) is 4.74 Å². The number of halogens is 1. The maximum absolute atomic E-state index is 13.3. The largest absolute Gasteiger partial charge is 0.495 e. The van der Waals surface area contributed by atoms with Gasteiger partial charge in [-0.1, -0.05) is 48.5 Å². The number of carbonyl (C=O) groups is 2. The maximum atomic E-state index is 13.3. The molecule has 0 bridgehead atoms. The van der Waals surface area contributed by atoms with Crippen molar-refractivity contribution in [3.63, 3.8) is 0 Å². The molecule has 3 atom stereocenters. The Morgan fingerprint density at radius 2 is 1.71 bits per heavy atom. The molecule has 8 heteroatoms. The maximum Gasteiger partial charge on any atom is 0.322 e. The van der Waals surface area contributed by atoms with Crippen LogP contribution in [0.25, 0.3) is 11.1 Å². The molecule has 3 amide bonds. The summed E-state index contributed by atoms with van der Waals surface area (Å²) in [6.07, 6.45) is 0. The van der Waals surface area contributed by atoms with Crippen LogP contribution in [0.15, 0.2) is 72.8 Å². The van der Waals surface area contributed by atoms with Gasteiger partial charge in [0.15, 0.2) is 0 Å². The Morgan fingerprint density at radius 1 is 1.06 bits per heavy atom. The Morgan fingerprint density at radius 3 is 2.37 bits per heavy atom. The third-order valence-electron chi connectivity index (χ3n) is 6.86. The predicted octanol–water partition coefficient (Wildman–Crippen LogP) is 3.70. The zero-order valence-corrected chi connectivity index (χ0v) is 19.2. The number of anilines is 1. The topological polar surface area (TPSA) is 82.1 Å². The van der Waals surface area contributed by atoms with Gasteiger partial charge in [0.1, 0.15) is 18.1 Å². The number of carbonyl (C=O) groups excluding carboxylic acids is 2. The average Bonchev–Trinajstić information content (AvgIpc) is 2.86. The molecule has 35 heavy (non-hydrogen) atoms. The van der Waals surface area contributed by atoms with Crippen molar-refractivity contribution in [3.05, 3.63) is 84.2 Å². The quantitative estimate of drug-likeness (QED) is 0.590. The smallest absolute Gasteiger partial charge is 0.322 e. The highest BCUT2D eigenvalue weighted by molar-refractivity contribution is 5.94. The number of methoxy groups -OCH3 is 1. The lowest BCUT2D eigenvalue weighted by Crippen LogP contribution is -2.73. The van der Waals surface area contributed by atoms with E-state index < -0.39 is 0 Å². The Kier molecular flexibility index (Phi) is 6.13. The number of fused-ring (bicyclic) bond motifs is 1. The van der Waals surface area contributed by atoms with Crippen molar-refractivity contribution in [2.45, 2.75) is 18.0 Å². The summed E-state index contributed by atoms with van der Waals surface area (Å²) in [6.45, 7) is 0.151. The fraction of sp³-hybridized carbons (Fsp3) is 0.259. The molecule has 2 saturated heterocycles. The van der Waals surface area contributed by atoms with E-state index in [-0.39, 0.29) is 48.9 Å². The van der Waals surface area contributed by atoms with E-state index in [1.54, 1.807) is 35.2 Å². The molecule has 0 unspecified atom stereocenters. The van der Waals surface area contributed by atoms with E-state index >= 15 is 0 Å². The van der Waals surface area contributed by atoms with Gasteiger partial charge in [-0.2, -0.15) is 0 Å². The fourth-order valence-corrected chi connectivity index (χ4v) is 5.14. The van der Waals surface area contributed by atoms with Crippen LogP contribution in [-0.4, -0.2) is 65.7 Å². The zero-order chi connectivity index (χ0) is 24.5. The summed E-state index contributed by atoms with van der Waals surface area (Å²) in [7, 11) is 1.53. The molecule has 0 radical (unpaired) electrons. The molecule has 0 saturated carbocycles. The minimum Gasteiger partial charge on any atom is -0.495 e. The standard InChI is InChI=1S/C27H26FN3O4/c1-35-24-5-3-2-4-21(24)29-27(34)30-14-22-26(23(16-32)31(22)25(33)15-30)19-8-6-17(7-9-19)18-10-12-20(28)13-11-18/h2-13,22-23,26,32H,14-16H2,1H3,(H,29,34)/t22-,23+,26+/m1/s1. The molecule has 2 aliphatic rings. The molecule has 2 heterocycles. The van der Waals surface area contributed by atoms with Crippen molar-refractivity contribution in [2.75, 3.05) is 32.1 Å². The number of rotatable bonds is 5. The van der Waals surface area contributed by atoms with Gasteiger partial charge in [0.05, 0.1) is 31.5 Å². The van der Waals surface area contributed by atoms with Crippen LogP contribution in [0.4, 0.5) is 14.9 Å².